The molecular weight excluding hydrogens is 394 g/mol. The lowest BCUT2D eigenvalue weighted by Crippen LogP contribution is -2.55. The fourth-order valence-electron chi connectivity index (χ4n) is 3.93. The Labute approximate surface area is 174 Å². The van der Waals surface area contributed by atoms with E-state index in [2.05, 4.69) is 10.4 Å². The zero-order valence-corrected chi connectivity index (χ0v) is 17.4. The number of aliphatic hydroxyl groups excluding tert-OH is 1. The zero-order chi connectivity index (χ0) is 20.6. The van der Waals surface area contributed by atoms with E-state index in [1.54, 1.807) is 20.0 Å². The molecule has 7 nitrogen and oxygen atoms in total. The van der Waals surface area contributed by atoms with Crippen molar-refractivity contribution in [2.45, 2.75) is 57.1 Å². The van der Waals surface area contributed by atoms with Crippen molar-refractivity contribution in [3.63, 3.8) is 0 Å². The number of nitrogens with one attached hydrogen (secondary N) is 1. The molecule has 29 heavy (non-hydrogen) atoms. The Balaban J connectivity index is 1.61. The van der Waals surface area contributed by atoms with Gasteiger partial charge >= 0.3 is 0 Å². The van der Waals surface area contributed by atoms with Gasteiger partial charge in [-0.3, -0.25) is 4.79 Å². The lowest BCUT2D eigenvalue weighted by atomic mass is 9.87. The minimum absolute atomic E-state index is 0.284. The molecule has 0 spiro atoms. The fourth-order valence-corrected chi connectivity index (χ4v) is 4.06. The second-order valence-electron chi connectivity index (χ2n) is 8.10. The van der Waals surface area contributed by atoms with E-state index < -0.39 is 17.7 Å². The van der Waals surface area contributed by atoms with Crippen LogP contribution in [-0.2, 0) is 11.2 Å². The molecule has 1 saturated heterocycles. The molecule has 2 aliphatic heterocycles. The first-order chi connectivity index (χ1) is 13.9. The molecule has 1 aromatic heterocycles. The van der Waals surface area contributed by atoms with Crippen LogP contribution in [0, 0.1) is 0 Å². The van der Waals surface area contributed by atoms with Crippen molar-refractivity contribution < 1.29 is 14.6 Å². The standard InChI is InChI=1S/C21H26ClN3O4/c1-21(2)19(26)18(23-10-9-13-5-7-14(22)8-6-13)17-15(29-21)12-24-25(20(17)27)16-4-3-11-28-16/h5-8,12,16,18-19,23,26H,3-4,9-11H2,1-2H3/t16?,18-,19+/m0/s1. The van der Waals surface area contributed by atoms with Crippen LogP contribution < -0.4 is 15.6 Å². The van der Waals surface area contributed by atoms with E-state index in [0.29, 0.717) is 29.5 Å². The molecule has 8 heteroatoms. The molecule has 0 bridgehead atoms. The van der Waals surface area contributed by atoms with Crippen molar-refractivity contribution in [2.24, 2.45) is 0 Å². The van der Waals surface area contributed by atoms with Gasteiger partial charge in [0.15, 0.2) is 12.0 Å². The monoisotopic (exact) mass is 419 g/mol. The SMILES string of the molecule is CC1(C)Oc2cnn(C3CCCO3)c(=O)c2[C@H](NCCc2ccc(Cl)cc2)[C@H]1O. The number of fused-ring (bicyclic) bond motifs is 1. The van der Waals surface area contributed by atoms with Crippen molar-refractivity contribution in [3.8, 4) is 5.75 Å². The van der Waals surface area contributed by atoms with Gasteiger partial charge in [0.05, 0.1) is 17.8 Å². The molecule has 0 aliphatic carbocycles. The average Bonchev–Trinajstić information content (AvgIpc) is 3.21. The number of rotatable bonds is 5. The third-order valence-corrected chi connectivity index (χ3v) is 5.84. The van der Waals surface area contributed by atoms with Crippen molar-refractivity contribution >= 4 is 11.6 Å². The van der Waals surface area contributed by atoms with Gasteiger partial charge in [0.2, 0.25) is 0 Å². The summed E-state index contributed by atoms with van der Waals surface area (Å²) < 4.78 is 12.9. The Morgan fingerprint density at radius 3 is 2.79 bits per heavy atom. The average molecular weight is 420 g/mol. The quantitative estimate of drug-likeness (QED) is 0.774. The van der Waals surface area contributed by atoms with Crippen LogP contribution in [-0.4, -0.2) is 39.7 Å². The summed E-state index contributed by atoms with van der Waals surface area (Å²) in [4.78, 5) is 13.2. The number of aromatic nitrogens is 2. The van der Waals surface area contributed by atoms with Crippen molar-refractivity contribution in [2.75, 3.05) is 13.2 Å². The number of hydrogen-bond donors (Lipinski definition) is 2. The van der Waals surface area contributed by atoms with E-state index in [9.17, 15) is 9.90 Å². The molecule has 2 aromatic rings. The molecule has 3 heterocycles. The first kappa shape index (κ1) is 20.3. The topological polar surface area (TPSA) is 85.6 Å². The minimum atomic E-state index is -0.895. The molecule has 2 aliphatic rings. The summed E-state index contributed by atoms with van der Waals surface area (Å²) >= 11 is 5.94. The van der Waals surface area contributed by atoms with Crippen LogP contribution in [0.1, 0.15) is 50.1 Å². The highest BCUT2D eigenvalue weighted by Gasteiger charge is 2.45. The third-order valence-electron chi connectivity index (χ3n) is 5.58. The fraction of sp³-hybridized carbons (Fsp3) is 0.524. The molecule has 1 unspecified atom stereocenters. The highest BCUT2D eigenvalue weighted by atomic mass is 35.5. The Bertz CT molecular complexity index is 923. The smallest absolute Gasteiger partial charge is 0.277 e. The number of halogens is 1. The van der Waals surface area contributed by atoms with Crippen molar-refractivity contribution in [1.29, 1.82) is 0 Å². The highest BCUT2D eigenvalue weighted by Crippen LogP contribution is 2.38. The molecule has 0 saturated carbocycles. The summed E-state index contributed by atoms with van der Waals surface area (Å²) in [6, 6.07) is 7.08. The Kier molecular flexibility index (Phi) is 5.66. The predicted octanol–water partition coefficient (Wildman–Crippen LogP) is 2.61. The van der Waals surface area contributed by atoms with Gasteiger partial charge < -0.3 is 19.9 Å². The van der Waals surface area contributed by atoms with Crippen LogP contribution in [0.3, 0.4) is 0 Å². The van der Waals surface area contributed by atoms with Crippen LogP contribution in [0.2, 0.25) is 5.02 Å². The molecule has 0 amide bonds. The van der Waals surface area contributed by atoms with Gasteiger partial charge in [-0.25, -0.2) is 4.68 Å². The summed E-state index contributed by atoms with van der Waals surface area (Å²) in [5.41, 5.74) is 0.385. The molecule has 0 radical (unpaired) electrons. The van der Waals surface area contributed by atoms with Gasteiger partial charge in [0.1, 0.15) is 11.7 Å². The maximum Gasteiger partial charge on any atom is 0.277 e. The number of nitrogens with zero attached hydrogens (tertiary/aromatic N) is 2. The molecule has 1 fully saturated rings. The largest absolute Gasteiger partial charge is 0.483 e. The summed E-state index contributed by atoms with van der Waals surface area (Å²) in [5, 5.41) is 19.3. The summed E-state index contributed by atoms with van der Waals surface area (Å²) in [6.07, 6.45) is 2.67. The van der Waals surface area contributed by atoms with Crippen molar-refractivity contribution in [1.82, 2.24) is 15.1 Å². The Hall–Kier alpha value is -1.93. The molecular formula is C21H26ClN3O4. The second-order valence-corrected chi connectivity index (χ2v) is 8.53. The predicted molar refractivity (Wildman–Crippen MR) is 109 cm³/mol. The normalized spacial score (nSPS) is 25.4. The van der Waals surface area contributed by atoms with Crippen molar-refractivity contribution in [3.05, 3.63) is 57.0 Å². The number of aliphatic hydroxyl groups is 1. The second kappa shape index (κ2) is 8.07. The number of benzene rings is 1. The van der Waals surface area contributed by atoms with Crippen LogP contribution in [0.15, 0.2) is 35.3 Å². The van der Waals surface area contributed by atoms with Gasteiger partial charge in [-0.15, -0.1) is 0 Å². The third kappa shape index (κ3) is 4.05. The summed E-state index contributed by atoms with van der Waals surface area (Å²) in [7, 11) is 0. The first-order valence-electron chi connectivity index (χ1n) is 9.95. The highest BCUT2D eigenvalue weighted by molar-refractivity contribution is 6.30. The molecule has 4 rings (SSSR count). The van der Waals surface area contributed by atoms with E-state index in [-0.39, 0.29) is 11.8 Å². The summed E-state index contributed by atoms with van der Waals surface area (Å²) in [6.45, 7) is 4.81. The lowest BCUT2D eigenvalue weighted by Gasteiger charge is -2.42. The lowest BCUT2D eigenvalue weighted by molar-refractivity contribution is -0.0663. The van der Waals surface area contributed by atoms with Crippen LogP contribution >= 0.6 is 11.6 Å². The minimum Gasteiger partial charge on any atom is -0.483 e. The van der Waals surface area contributed by atoms with E-state index in [1.165, 1.54) is 4.68 Å². The maximum atomic E-state index is 13.2. The summed E-state index contributed by atoms with van der Waals surface area (Å²) in [5.74, 6) is 0.406. The van der Waals surface area contributed by atoms with Gasteiger partial charge in [-0.1, -0.05) is 23.7 Å². The van der Waals surface area contributed by atoms with E-state index in [4.69, 9.17) is 21.1 Å². The van der Waals surface area contributed by atoms with E-state index >= 15 is 0 Å². The number of hydrogen-bond acceptors (Lipinski definition) is 6. The maximum absolute atomic E-state index is 13.2. The molecule has 2 N–H and O–H groups in total. The van der Waals surface area contributed by atoms with Gasteiger partial charge in [0.25, 0.3) is 5.56 Å². The zero-order valence-electron chi connectivity index (χ0n) is 16.6. The van der Waals surface area contributed by atoms with Gasteiger partial charge in [-0.05, 0) is 57.4 Å². The van der Waals surface area contributed by atoms with Crippen LogP contribution in [0.25, 0.3) is 0 Å². The van der Waals surface area contributed by atoms with E-state index in [1.807, 2.05) is 24.3 Å². The van der Waals surface area contributed by atoms with Gasteiger partial charge in [-0.2, -0.15) is 5.10 Å². The van der Waals surface area contributed by atoms with Crippen LogP contribution in [0.5, 0.6) is 5.75 Å². The first-order valence-corrected chi connectivity index (χ1v) is 10.3. The Morgan fingerprint density at radius 1 is 1.34 bits per heavy atom. The number of ether oxygens (including phenoxy) is 2. The Morgan fingerprint density at radius 2 is 2.10 bits per heavy atom. The molecule has 156 valence electrons. The van der Waals surface area contributed by atoms with Crippen LogP contribution in [0.4, 0.5) is 0 Å². The molecule has 1 aromatic carbocycles. The molecule has 3 atom stereocenters. The van der Waals surface area contributed by atoms with Gasteiger partial charge in [0, 0.05) is 11.6 Å². The van der Waals surface area contributed by atoms with E-state index in [0.717, 1.165) is 24.8 Å².